The smallest absolute Gasteiger partial charge is 0.216 e. The van der Waals surface area contributed by atoms with Gasteiger partial charge in [-0.2, -0.15) is 4.31 Å². The molecule has 0 aromatic carbocycles. The molecule has 3 unspecified atom stereocenters. The number of nitrogens with one attached hydrogen (secondary N) is 1. The molecule has 2 saturated heterocycles. The van der Waals surface area contributed by atoms with E-state index in [1.165, 1.54) is 0 Å². The van der Waals surface area contributed by atoms with Crippen LogP contribution >= 0.6 is 0 Å². The van der Waals surface area contributed by atoms with Gasteiger partial charge in [-0.25, -0.2) is 8.42 Å². The van der Waals surface area contributed by atoms with Crippen molar-refractivity contribution in [2.75, 3.05) is 25.4 Å². The number of morpholine rings is 1. The molecule has 6 heteroatoms. The molecule has 0 aliphatic carbocycles. The Hall–Kier alpha value is -0.170. The molecule has 2 aliphatic heterocycles. The molecular weight excluding hydrogens is 252 g/mol. The van der Waals surface area contributed by atoms with Gasteiger partial charge in [-0.15, -0.1) is 0 Å². The Morgan fingerprint density at radius 3 is 2.83 bits per heavy atom. The standard InChI is InChI=1S/C12H24N2O3S/c1-3-12-8-17-10(2)7-14(12)18(15,16)9-11-5-4-6-13-11/h10-13H,3-9H2,1-2H3. The number of nitrogens with zero attached hydrogens (tertiary/aromatic N) is 1. The van der Waals surface area contributed by atoms with E-state index in [2.05, 4.69) is 5.32 Å². The molecule has 0 amide bonds. The number of rotatable bonds is 4. The van der Waals surface area contributed by atoms with Crippen LogP contribution in [-0.4, -0.2) is 56.4 Å². The lowest BCUT2D eigenvalue weighted by Crippen LogP contribution is -2.53. The summed E-state index contributed by atoms with van der Waals surface area (Å²) in [6, 6.07) is 0.137. The van der Waals surface area contributed by atoms with Crippen molar-refractivity contribution in [3.05, 3.63) is 0 Å². The van der Waals surface area contributed by atoms with Crippen molar-refractivity contribution in [2.24, 2.45) is 0 Å². The molecule has 18 heavy (non-hydrogen) atoms. The molecule has 2 aliphatic rings. The molecule has 5 nitrogen and oxygen atoms in total. The summed E-state index contributed by atoms with van der Waals surface area (Å²) in [4.78, 5) is 0. The zero-order valence-corrected chi connectivity index (χ0v) is 12.1. The zero-order valence-electron chi connectivity index (χ0n) is 11.3. The van der Waals surface area contributed by atoms with Crippen LogP contribution in [0.4, 0.5) is 0 Å². The summed E-state index contributed by atoms with van der Waals surface area (Å²) in [5, 5.41) is 3.26. The van der Waals surface area contributed by atoms with Crippen LogP contribution in [-0.2, 0) is 14.8 Å². The summed E-state index contributed by atoms with van der Waals surface area (Å²) in [5.74, 6) is 0.232. The van der Waals surface area contributed by atoms with Crippen molar-refractivity contribution >= 4 is 10.0 Å². The van der Waals surface area contributed by atoms with Gasteiger partial charge in [0.25, 0.3) is 0 Å². The van der Waals surface area contributed by atoms with E-state index in [1.807, 2.05) is 13.8 Å². The third-order valence-corrected chi connectivity index (χ3v) is 5.81. The molecule has 1 N–H and O–H groups in total. The summed E-state index contributed by atoms with van der Waals surface area (Å²) in [7, 11) is -3.17. The summed E-state index contributed by atoms with van der Waals surface area (Å²) in [6.45, 7) is 5.90. The highest BCUT2D eigenvalue weighted by Gasteiger charge is 2.36. The first-order valence-electron chi connectivity index (χ1n) is 6.87. The topological polar surface area (TPSA) is 58.6 Å². The maximum atomic E-state index is 12.5. The van der Waals surface area contributed by atoms with E-state index >= 15 is 0 Å². The molecule has 0 radical (unpaired) electrons. The maximum Gasteiger partial charge on any atom is 0.216 e. The molecular formula is C12H24N2O3S. The second-order valence-electron chi connectivity index (χ2n) is 5.35. The number of ether oxygens (including phenoxy) is 1. The molecule has 106 valence electrons. The van der Waals surface area contributed by atoms with Crippen LogP contribution in [0.3, 0.4) is 0 Å². The molecule has 2 fully saturated rings. The van der Waals surface area contributed by atoms with Gasteiger partial charge in [-0.05, 0) is 32.7 Å². The Balaban J connectivity index is 2.05. The van der Waals surface area contributed by atoms with Gasteiger partial charge < -0.3 is 10.1 Å². The van der Waals surface area contributed by atoms with Gasteiger partial charge in [0.05, 0.1) is 18.5 Å². The normalized spacial score (nSPS) is 34.9. The maximum absolute atomic E-state index is 12.5. The minimum atomic E-state index is -3.17. The van der Waals surface area contributed by atoms with Crippen molar-refractivity contribution in [1.29, 1.82) is 0 Å². The lowest BCUT2D eigenvalue weighted by atomic mass is 10.2. The summed E-state index contributed by atoms with van der Waals surface area (Å²) >= 11 is 0. The van der Waals surface area contributed by atoms with Gasteiger partial charge in [0.2, 0.25) is 10.0 Å². The quantitative estimate of drug-likeness (QED) is 0.815. The monoisotopic (exact) mass is 276 g/mol. The Morgan fingerprint density at radius 1 is 1.44 bits per heavy atom. The van der Waals surface area contributed by atoms with Gasteiger partial charge in [-0.1, -0.05) is 6.92 Å². The van der Waals surface area contributed by atoms with Gasteiger partial charge in [0, 0.05) is 18.6 Å². The first-order valence-corrected chi connectivity index (χ1v) is 8.48. The van der Waals surface area contributed by atoms with E-state index in [0.717, 1.165) is 25.8 Å². The van der Waals surface area contributed by atoms with Gasteiger partial charge in [0.1, 0.15) is 0 Å². The Labute approximate surface area is 110 Å². The van der Waals surface area contributed by atoms with E-state index in [0.29, 0.717) is 13.2 Å². The van der Waals surface area contributed by atoms with Crippen LogP contribution in [0, 0.1) is 0 Å². The molecule has 3 atom stereocenters. The van der Waals surface area contributed by atoms with Crippen LogP contribution in [0.5, 0.6) is 0 Å². The van der Waals surface area contributed by atoms with Crippen molar-refractivity contribution in [1.82, 2.24) is 9.62 Å². The lowest BCUT2D eigenvalue weighted by Gasteiger charge is -2.37. The molecule has 0 aromatic heterocycles. The van der Waals surface area contributed by atoms with E-state index in [9.17, 15) is 8.42 Å². The second-order valence-corrected chi connectivity index (χ2v) is 7.31. The second kappa shape index (κ2) is 5.86. The number of hydrogen-bond donors (Lipinski definition) is 1. The van der Waals surface area contributed by atoms with E-state index < -0.39 is 10.0 Å². The molecule has 2 rings (SSSR count). The summed E-state index contributed by atoms with van der Waals surface area (Å²) in [5.41, 5.74) is 0. The van der Waals surface area contributed by atoms with Crippen LogP contribution in [0.15, 0.2) is 0 Å². The highest BCUT2D eigenvalue weighted by atomic mass is 32.2. The molecule has 0 bridgehead atoms. The van der Waals surface area contributed by atoms with E-state index in [1.54, 1.807) is 4.31 Å². The van der Waals surface area contributed by atoms with Crippen LogP contribution < -0.4 is 5.32 Å². The molecule has 0 aromatic rings. The van der Waals surface area contributed by atoms with Crippen molar-refractivity contribution < 1.29 is 13.2 Å². The first kappa shape index (κ1) is 14.2. The molecule has 0 spiro atoms. The predicted octanol–water partition coefficient (Wildman–Crippen LogP) is 0.568. The third-order valence-electron chi connectivity index (χ3n) is 3.82. The average Bonchev–Trinajstić information content (AvgIpc) is 2.81. The Bertz CT molecular complexity index is 366. The van der Waals surface area contributed by atoms with Crippen LogP contribution in [0.1, 0.15) is 33.1 Å². The van der Waals surface area contributed by atoms with E-state index in [4.69, 9.17) is 4.74 Å². The highest BCUT2D eigenvalue weighted by Crippen LogP contribution is 2.20. The fourth-order valence-corrected chi connectivity index (χ4v) is 4.81. The average molecular weight is 276 g/mol. The first-order chi connectivity index (χ1) is 8.53. The Morgan fingerprint density at radius 2 is 2.22 bits per heavy atom. The van der Waals surface area contributed by atoms with E-state index in [-0.39, 0.29) is 23.9 Å². The van der Waals surface area contributed by atoms with Crippen molar-refractivity contribution in [3.8, 4) is 0 Å². The SMILES string of the molecule is CCC1COC(C)CN1S(=O)(=O)CC1CCCN1. The molecule has 2 heterocycles. The van der Waals surface area contributed by atoms with Crippen molar-refractivity contribution in [3.63, 3.8) is 0 Å². The largest absolute Gasteiger partial charge is 0.375 e. The van der Waals surface area contributed by atoms with Crippen LogP contribution in [0.25, 0.3) is 0 Å². The minimum absolute atomic E-state index is 0.000822. The van der Waals surface area contributed by atoms with Crippen molar-refractivity contribution in [2.45, 2.75) is 51.3 Å². The predicted molar refractivity (Wildman–Crippen MR) is 71.0 cm³/mol. The fraction of sp³-hybridized carbons (Fsp3) is 1.00. The zero-order chi connectivity index (χ0) is 13.2. The Kier molecular flexibility index (Phi) is 4.64. The number of sulfonamides is 1. The molecule has 0 saturated carbocycles. The fourth-order valence-electron chi connectivity index (χ4n) is 2.72. The lowest BCUT2D eigenvalue weighted by molar-refractivity contribution is -0.0230. The summed E-state index contributed by atoms with van der Waals surface area (Å²) in [6.07, 6.45) is 2.86. The number of hydrogen-bond acceptors (Lipinski definition) is 4. The van der Waals surface area contributed by atoms with Gasteiger partial charge in [-0.3, -0.25) is 0 Å². The summed E-state index contributed by atoms with van der Waals surface area (Å²) < 4.78 is 32.2. The van der Waals surface area contributed by atoms with Gasteiger partial charge in [0.15, 0.2) is 0 Å². The van der Waals surface area contributed by atoms with Crippen LogP contribution in [0.2, 0.25) is 0 Å². The van der Waals surface area contributed by atoms with Gasteiger partial charge >= 0.3 is 0 Å². The third kappa shape index (κ3) is 3.23. The minimum Gasteiger partial charge on any atom is -0.375 e. The highest BCUT2D eigenvalue weighted by molar-refractivity contribution is 7.89.